The Bertz CT molecular complexity index is 394. The van der Waals surface area contributed by atoms with Gasteiger partial charge in [0.15, 0.2) is 6.61 Å². The van der Waals surface area contributed by atoms with Crippen LogP contribution in [-0.2, 0) is 4.79 Å². The first-order valence-electron chi connectivity index (χ1n) is 6.95. The van der Waals surface area contributed by atoms with E-state index in [-0.39, 0.29) is 18.3 Å². The SMILES string of the molecule is O=C(COc1ccc(O)cc1)NC1CCCCCC1. The van der Waals surface area contributed by atoms with Crippen molar-refractivity contribution in [1.29, 1.82) is 0 Å². The van der Waals surface area contributed by atoms with Gasteiger partial charge < -0.3 is 15.2 Å². The van der Waals surface area contributed by atoms with Crippen molar-refractivity contribution >= 4 is 5.91 Å². The van der Waals surface area contributed by atoms with Crippen LogP contribution < -0.4 is 10.1 Å². The zero-order valence-electron chi connectivity index (χ0n) is 11.1. The van der Waals surface area contributed by atoms with Crippen molar-refractivity contribution < 1.29 is 14.6 Å². The van der Waals surface area contributed by atoms with E-state index in [0.29, 0.717) is 11.8 Å². The lowest BCUT2D eigenvalue weighted by Gasteiger charge is -2.16. The van der Waals surface area contributed by atoms with Crippen LogP contribution in [0.5, 0.6) is 11.5 Å². The molecule has 1 aromatic rings. The third kappa shape index (κ3) is 4.81. The second kappa shape index (κ2) is 7.02. The zero-order chi connectivity index (χ0) is 13.5. The van der Waals surface area contributed by atoms with E-state index in [9.17, 15) is 4.79 Å². The Kier molecular flexibility index (Phi) is 5.07. The Morgan fingerprint density at radius 3 is 2.42 bits per heavy atom. The second-order valence-electron chi connectivity index (χ2n) is 5.04. The Morgan fingerprint density at radius 1 is 1.16 bits per heavy atom. The maximum Gasteiger partial charge on any atom is 0.258 e. The predicted octanol–water partition coefficient (Wildman–Crippen LogP) is 2.61. The summed E-state index contributed by atoms with van der Waals surface area (Å²) >= 11 is 0. The topological polar surface area (TPSA) is 58.6 Å². The molecule has 1 aromatic carbocycles. The van der Waals surface area contributed by atoms with Gasteiger partial charge in [-0.3, -0.25) is 4.79 Å². The van der Waals surface area contributed by atoms with Crippen LogP contribution in [0.15, 0.2) is 24.3 Å². The molecule has 0 unspecified atom stereocenters. The third-order valence-corrected chi connectivity index (χ3v) is 3.43. The van der Waals surface area contributed by atoms with Gasteiger partial charge in [0.25, 0.3) is 5.91 Å². The Hall–Kier alpha value is -1.71. The first-order valence-corrected chi connectivity index (χ1v) is 6.95. The molecule has 0 saturated heterocycles. The summed E-state index contributed by atoms with van der Waals surface area (Å²) in [5.41, 5.74) is 0. The molecule has 4 nitrogen and oxygen atoms in total. The van der Waals surface area contributed by atoms with E-state index in [1.54, 1.807) is 24.3 Å². The molecule has 4 heteroatoms. The molecule has 2 rings (SSSR count). The summed E-state index contributed by atoms with van der Waals surface area (Å²) in [5, 5.41) is 12.2. The van der Waals surface area contributed by atoms with E-state index in [0.717, 1.165) is 12.8 Å². The van der Waals surface area contributed by atoms with Crippen LogP contribution in [0.3, 0.4) is 0 Å². The van der Waals surface area contributed by atoms with Gasteiger partial charge in [-0.15, -0.1) is 0 Å². The van der Waals surface area contributed by atoms with Gasteiger partial charge >= 0.3 is 0 Å². The minimum Gasteiger partial charge on any atom is -0.508 e. The molecule has 0 aliphatic heterocycles. The highest BCUT2D eigenvalue weighted by atomic mass is 16.5. The minimum absolute atomic E-state index is 0.0290. The summed E-state index contributed by atoms with van der Waals surface area (Å²) in [4.78, 5) is 11.8. The molecule has 0 spiro atoms. The average Bonchev–Trinajstić information content (AvgIpc) is 2.67. The molecule has 1 amide bonds. The maximum absolute atomic E-state index is 11.8. The number of carbonyl (C=O) groups excluding carboxylic acids is 1. The van der Waals surface area contributed by atoms with Crippen molar-refractivity contribution in [2.75, 3.05) is 6.61 Å². The molecule has 104 valence electrons. The number of benzene rings is 1. The number of hydrogen-bond donors (Lipinski definition) is 2. The number of aromatic hydroxyl groups is 1. The van der Waals surface area contributed by atoms with Gasteiger partial charge in [-0.05, 0) is 37.1 Å². The highest BCUT2D eigenvalue weighted by Crippen LogP contribution is 2.18. The Morgan fingerprint density at radius 2 is 1.79 bits per heavy atom. The van der Waals surface area contributed by atoms with Crippen LogP contribution >= 0.6 is 0 Å². The van der Waals surface area contributed by atoms with Crippen molar-refractivity contribution in [1.82, 2.24) is 5.32 Å². The molecule has 0 radical (unpaired) electrons. The van der Waals surface area contributed by atoms with E-state index in [1.807, 2.05) is 0 Å². The van der Waals surface area contributed by atoms with E-state index in [2.05, 4.69) is 5.32 Å². The molecule has 1 aliphatic rings. The fourth-order valence-corrected chi connectivity index (χ4v) is 2.38. The third-order valence-electron chi connectivity index (χ3n) is 3.43. The number of phenolic OH excluding ortho intramolecular Hbond substituents is 1. The fourth-order valence-electron chi connectivity index (χ4n) is 2.38. The van der Waals surface area contributed by atoms with Crippen LogP contribution in [0.1, 0.15) is 38.5 Å². The number of rotatable bonds is 4. The van der Waals surface area contributed by atoms with Gasteiger partial charge in [0.05, 0.1) is 0 Å². The summed E-state index contributed by atoms with van der Waals surface area (Å²) in [7, 11) is 0. The van der Waals surface area contributed by atoms with Crippen molar-refractivity contribution in [3.8, 4) is 11.5 Å². The molecular formula is C15H21NO3. The van der Waals surface area contributed by atoms with Gasteiger partial charge in [0.1, 0.15) is 11.5 Å². The molecule has 0 heterocycles. The monoisotopic (exact) mass is 263 g/mol. The van der Waals surface area contributed by atoms with Crippen molar-refractivity contribution in [2.24, 2.45) is 0 Å². The Labute approximate surface area is 113 Å². The van der Waals surface area contributed by atoms with Gasteiger partial charge in [-0.1, -0.05) is 25.7 Å². The van der Waals surface area contributed by atoms with Gasteiger partial charge in [-0.2, -0.15) is 0 Å². The average molecular weight is 263 g/mol. The number of nitrogens with one attached hydrogen (secondary N) is 1. The number of hydrogen-bond acceptors (Lipinski definition) is 3. The standard InChI is InChI=1S/C15H21NO3/c17-13-7-9-14(10-8-13)19-11-15(18)16-12-5-3-1-2-4-6-12/h7-10,12,17H,1-6,11H2,(H,16,18). The molecule has 0 atom stereocenters. The first kappa shape index (κ1) is 13.7. The van der Waals surface area contributed by atoms with E-state index in [1.165, 1.54) is 25.7 Å². The summed E-state index contributed by atoms with van der Waals surface area (Å²) in [5.74, 6) is 0.712. The van der Waals surface area contributed by atoms with E-state index < -0.39 is 0 Å². The lowest BCUT2D eigenvalue weighted by molar-refractivity contribution is -0.123. The zero-order valence-corrected chi connectivity index (χ0v) is 11.1. The summed E-state index contributed by atoms with van der Waals surface area (Å²) in [6, 6.07) is 6.68. The van der Waals surface area contributed by atoms with Gasteiger partial charge in [0.2, 0.25) is 0 Å². The van der Waals surface area contributed by atoms with Crippen LogP contribution in [0.2, 0.25) is 0 Å². The summed E-state index contributed by atoms with van der Waals surface area (Å²) in [6.45, 7) is 0.0290. The molecule has 0 aromatic heterocycles. The van der Waals surface area contributed by atoms with E-state index >= 15 is 0 Å². The molecular weight excluding hydrogens is 242 g/mol. The second-order valence-corrected chi connectivity index (χ2v) is 5.04. The van der Waals surface area contributed by atoms with Crippen molar-refractivity contribution in [3.05, 3.63) is 24.3 Å². The summed E-state index contributed by atoms with van der Waals surface area (Å²) in [6.07, 6.45) is 7.09. The van der Waals surface area contributed by atoms with E-state index in [4.69, 9.17) is 9.84 Å². The van der Waals surface area contributed by atoms with Crippen LogP contribution in [0.4, 0.5) is 0 Å². The van der Waals surface area contributed by atoms with Crippen LogP contribution in [0.25, 0.3) is 0 Å². The minimum atomic E-state index is -0.0695. The fraction of sp³-hybridized carbons (Fsp3) is 0.533. The largest absolute Gasteiger partial charge is 0.508 e. The van der Waals surface area contributed by atoms with Crippen molar-refractivity contribution in [3.63, 3.8) is 0 Å². The van der Waals surface area contributed by atoms with Gasteiger partial charge in [0, 0.05) is 6.04 Å². The summed E-state index contributed by atoms with van der Waals surface area (Å²) < 4.78 is 5.37. The maximum atomic E-state index is 11.8. The van der Waals surface area contributed by atoms with Crippen LogP contribution in [-0.4, -0.2) is 23.7 Å². The number of amides is 1. The normalized spacial score (nSPS) is 16.6. The van der Waals surface area contributed by atoms with Crippen LogP contribution in [0, 0.1) is 0 Å². The van der Waals surface area contributed by atoms with Gasteiger partial charge in [-0.25, -0.2) is 0 Å². The highest BCUT2D eigenvalue weighted by Gasteiger charge is 2.14. The first-order chi connectivity index (χ1) is 9.24. The number of carbonyl (C=O) groups is 1. The molecule has 1 fully saturated rings. The number of phenols is 1. The quantitative estimate of drug-likeness (QED) is 0.821. The molecule has 1 saturated carbocycles. The number of ether oxygens (including phenoxy) is 1. The molecule has 0 bridgehead atoms. The predicted molar refractivity (Wildman–Crippen MR) is 73.2 cm³/mol. The van der Waals surface area contributed by atoms with Crippen molar-refractivity contribution in [2.45, 2.75) is 44.6 Å². The molecule has 19 heavy (non-hydrogen) atoms. The molecule has 1 aliphatic carbocycles. The lowest BCUT2D eigenvalue weighted by atomic mass is 10.1. The lowest BCUT2D eigenvalue weighted by Crippen LogP contribution is -2.37. The Balaban J connectivity index is 1.73. The smallest absolute Gasteiger partial charge is 0.258 e. The molecule has 2 N–H and O–H groups in total. The highest BCUT2D eigenvalue weighted by molar-refractivity contribution is 5.77.